The molecule has 24 heavy (non-hydrogen) atoms. The van der Waals surface area contributed by atoms with Gasteiger partial charge in [0.25, 0.3) is 0 Å². The van der Waals surface area contributed by atoms with Crippen LogP contribution in [0.2, 0.25) is 0 Å². The summed E-state index contributed by atoms with van der Waals surface area (Å²) in [5, 5.41) is 0. The first-order valence-electron chi connectivity index (χ1n) is 9.06. The Balaban J connectivity index is 1.53. The molecule has 0 bridgehead atoms. The molecule has 4 rings (SSSR count). The first kappa shape index (κ1) is 15.8. The van der Waals surface area contributed by atoms with E-state index in [1.807, 2.05) is 12.4 Å². The van der Waals surface area contributed by atoms with E-state index in [9.17, 15) is 0 Å². The van der Waals surface area contributed by atoms with Crippen molar-refractivity contribution in [2.45, 2.75) is 45.3 Å². The van der Waals surface area contributed by atoms with Crippen LogP contribution in [-0.2, 0) is 24.4 Å². The van der Waals surface area contributed by atoms with Crippen molar-refractivity contribution in [2.24, 2.45) is 5.92 Å². The molecule has 0 N–H and O–H groups in total. The van der Waals surface area contributed by atoms with E-state index in [0.29, 0.717) is 5.92 Å². The van der Waals surface area contributed by atoms with Crippen molar-refractivity contribution in [3.63, 3.8) is 0 Å². The highest BCUT2D eigenvalue weighted by atomic mass is 16.5. The van der Waals surface area contributed by atoms with Crippen LogP contribution in [0.4, 0.5) is 0 Å². The van der Waals surface area contributed by atoms with Crippen molar-refractivity contribution in [1.29, 1.82) is 0 Å². The zero-order chi connectivity index (χ0) is 16.4. The van der Waals surface area contributed by atoms with Gasteiger partial charge in [-0.3, -0.25) is 9.88 Å². The lowest BCUT2D eigenvalue weighted by atomic mass is 9.98. The van der Waals surface area contributed by atoms with E-state index in [1.54, 1.807) is 0 Å². The molecule has 1 saturated carbocycles. The zero-order valence-electron chi connectivity index (χ0n) is 14.4. The summed E-state index contributed by atoms with van der Waals surface area (Å²) < 4.78 is 8.20. The fourth-order valence-corrected chi connectivity index (χ4v) is 3.68. The molecule has 2 aromatic heterocycles. The van der Waals surface area contributed by atoms with E-state index in [0.717, 1.165) is 45.3 Å². The van der Waals surface area contributed by atoms with Crippen LogP contribution < -0.4 is 0 Å². The molecule has 3 heterocycles. The Morgan fingerprint density at radius 2 is 2.08 bits per heavy atom. The lowest BCUT2D eigenvalue weighted by Crippen LogP contribution is -2.36. The number of pyridine rings is 1. The fourth-order valence-electron chi connectivity index (χ4n) is 3.68. The summed E-state index contributed by atoms with van der Waals surface area (Å²) in [6.07, 6.45) is 8.53. The minimum absolute atomic E-state index is 0.414. The molecule has 0 unspecified atom stereocenters. The Kier molecular flexibility index (Phi) is 4.63. The van der Waals surface area contributed by atoms with Gasteiger partial charge >= 0.3 is 0 Å². The third-order valence-corrected chi connectivity index (χ3v) is 5.03. The highest BCUT2D eigenvalue weighted by Gasteiger charge is 2.31. The van der Waals surface area contributed by atoms with Gasteiger partial charge in [-0.25, -0.2) is 4.98 Å². The Labute approximate surface area is 143 Å². The molecule has 1 atom stereocenters. The summed E-state index contributed by atoms with van der Waals surface area (Å²) in [4.78, 5) is 11.3. The van der Waals surface area contributed by atoms with Crippen LogP contribution in [0.15, 0.2) is 30.9 Å². The van der Waals surface area contributed by atoms with Gasteiger partial charge in [0.2, 0.25) is 0 Å². The normalized spacial score (nSPS) is 21.0. The molecule has 0 amide bonds. The number of hydrogen-bond donors (Lipinski definition) is 0. The quantitative estimate of drug-likeness (QED) is 0.785. The lowest BCUT2D eigenvalue weighted by Gasteiger charge is -2.33. The van der Waals surface area contributed by atoms with Crippen molar-refractivity contribution in [3.8, 4) is 0 Å². The fraction of sp³-hybridized carbons (Fsp3) is 0.579. The van der Waals surface area contributed by atoms with Gasteiger partial charge in [0, 0.05) is 56.8 Å². The third kappa shape index (κ3) is 3.52. The van der Waals surface area contributed by atoms with Crippen molar-refractivity contribution in [1.82, 2.24) is 19.4 Å². The van der Waals surface area contributed by atoms with E-state index in [1.165, 1.54) is 29.8 Å². The van der Waals surface area contributed by atoms with Crippen molar-refractivity contribution < 1.29 is 4.74 Å². The average molecular weight is 326 g/mol. The minimum atomic E-state index is 0.414. The van der Waals surface area contributed by atoms with E-state index in [2.05, 4.69) is 39.8 Å². The first-order chi connectivity index (χ1) is 11.8. The molecule has 0 radical (unpaired) electrons. The maximum atomic E-state index is 5.80. The lowest BCUT2D eigenvalue weighted by molar-refractivity contribution is 0.102. The standard InChI is InChI=1S/C19H26N4O/c1-2-24-13-17-11-22(9-16-5-7-20-8-6-16)12-18-19(17)23(14-21-18)10-15-3-4-15/h5-8,14-15,17H,2-4,9-13H2,1H3/t17-/m1/s1. The van der Waals surface area contributed by atoms with Crippen LogP contribution in [0.3, 0.4) is 0 Å². The number of rotatable bonds is 7. The number of ether oxygens (including phenoxy) is 1. The molecule has 2 aliphatic rings. The molecule has 1 aliphatic heterocycles. The SMILES string of the molecule is CCOC[C@H]1CN(Cc2ccncc2)Cc2ncn(CC3CC3)c21. The maximum absolute atomic E-state index is 5.80. The van der Waals surface area contributed by atoms with Crippen molar-refractivity contribution >= 4 is 0 Å². The van der Waals surface area contributed by atoms with E-state index < -0.39 is 0 Å². The molecular formula is C19H26N4O. The minimum Gasteiger partial charge on any atom is -0.381 e. The van der Waals surface area contributed by atoms with Gasteiger partial charge < -0.3 is 9.30 Å². The third-order valence-electron chi connectivity index (χ3n) is 5.03. The molecule has 2 aromatic rings. The van der Waals surface area contributed by atoms with Gasteiger partial charge in [0.1, 0.15) is 0 Å². The number of imidazole rings is 1. The van der Waals surface area contributed by atoms with Gasteiger partial charge in [-0.2, -0.15) is 0 Å². The Morgan fingerprint density at radius 3 is 2.83 bits per heavy atom. The molecule has 1 aliphatic carbocycles. The van der Waals surface area contributed by atoms with Gasteiger partial charge in [-0.1, -0.05) is 0 Å². The highest BCUT2D eigenvalue weighted by molar-refractivity contribution is 5.23. The van der Waals surface area contributed by atoms with E-state index in [-0.39, 0.29) is 0 Å². The first-order valence-corrected chi connectivity index (χ1v) is 9.06. The maximum Gasteiger partial charge on any atom is 0.0952 e. The highest BCUT2D eigenvalue weighted by Crippen LogP contribution is 2.34. The second-order valence-electron chi connectivity index (χ2n) is 7.05. The Hall–Kier alpha value is -1.72. The van der Waals surface area contributed by atoms with Gasteiger partial charge in [0.15, 0.2) is 0 Å². The smallest absolute Gasteiger partial charge is 0.0952 e. The van der Waals surface area contributed by atoms with Crippen LogP contribution in [0.5, 0.6) is 0 Å². The van der Waals surface area contributed by atoms with Crippen LogP contribution in [-0.4, -0.2) is 39.2 Å². The zero-order valence-corrected chi connectivity index (χ0v) is 14.4. The molecule has 5 heteroatoms. The Bertz CT molecular complexity index is 665. The number of fused-ring (bicyclic) bond motifs is 1. The van der Waals surface area contributed by atoms with E-state index in [4.69, 9.17) is 9.72 Å². The summed E-state index contributed by atoms with van der Waals surface area (Å²) >= 11 is 0. The summed E-state index contributed by atoms with van der Waals surface area (Å²) in [5.74, 6) is 1.28. The molecule has 0 aromatic carbocycles. The Morgan fingerprint density at radius 1 is 1.25 bits per heavy atom. The second-order valence-corrected chi connectivity index (χ2v) is 7.05. The summed E-state index contributed by atoms with van der Waals surface area (Å²) in [6.45, 7) is 7.67. The molecule has 5 nitrogen and oxygen atoms in total. The summed E-state index contributed by atoms with van der Waals surface area (Å²) in [7, 11) is 0. The molecule has 0 spiro atoms. The molecule has 0 saturated heterocycles. The summed E-state index contributed by atoms with van der Waals surface area (Å²) in [6, 6.07) is 4.19. The number of aromatic nitrogens is 3. The topological polar surface area (TPSA) is 43.2 Å². The predicted molar refractivity (Wildman–Crippen MR) is 92.5 cm³/mol. The van der Waals surface area contributed by atoms with Crippen LogP contribution in [0.25, 0.3) is 0 Å². The molecule has 1 fully saturated rings. The largest absolute Gasteiger partial charge is 0.381 e. The summed E-state index contributed by atoms with van der Waals surface area (Å²) in [5.41, 5.74) is 3.96. The van der Waals surface area contributed by atoms with Gasteiger partial charge in [0.05, 0.1) is 18.6 Å². The molecule has 128 valence electrons. The second kappa shape index (κ2) is 7.03. The average Bonchev–Trinajstić information content (AvgIpc) is 3.33. The van der Waals surface area contributed by atoms with Crippen molar-refractivity contribution in [3.05, 3.63) is 47.8 Å². The number of hydrogen-bond acceptors (Lipinski definition) is 4. The predicted octanol–water partition coefficient (Wildman–Crippen LogP) is 2.82. The van der Waals surface area contributed by atoms with Gasteiger partial charge in [-0.05, 0) is 43.4 Å². The monoisotopic (exact) mass is 326 g/mol. The van der Waals surface area contributed by atoms with Crippen LogP contribution in [0, 0.1) is 5.92 Å². The van der Waals surface area contributed by atoms with Crippen molar-refractivity contribution in [2.75, 3.05) is 19.8 Å². The van der Waals surface area contributed by atoms with Crippen LogP contribution in [0.1, 0.15) is 42.6 Å². The molecular weight excluding hydrogens is 300 g/mol. The van der Waals surface area contributed by atoms with Crippen LogP contribution >= 0.6 is 0 Å². The van der Waals surface area contributed by atoms with E-state index >= 15 is 0 Å². The van der Waals surface area contributed by atoms with Gasteiger partial charge in [-0.15, -0.1) is 0 Å². The number of nitrogens with zero attached hydrogens (tertiary/aromatic N) is 4.